The SMILES string of the molecule is CCC(CC)N1CCC(c2c[nH]c3ccc(NS(=O)(=O)CC)cc23)CC1. The van der Waals surface area contributed by atoms with Crippen molar-refractivity contribution in [3.05, 3.63) is 30.0 Å². The number of piperidine rings is 1. The van der Waals surface area contributed by atoms with Gasteiger partial charge in [-0.15, -0.1) is 0 Å². The lowest BCUT2D eigenvalue weighted by atomic mass is 9.88. The van der Waals surface area contributed by atoms with Crippen molar-refractivity contribution < 1.29 is 8.42 Å². The summed E-state index contributed by atoms with van der Waals surface area (Å²) in [5, 5.41) is 1.14. The van der Waals surface area contributed by atoms with Gasteiger partial charge in [0.1, 0.15) is 0 Å². The van der Waals surface area contributed by atoms with E-state index in [4.69, 9.17) is 0 Å². The van der Waals surface area contributed by atoms with Crippen molar-refractivity contribution in [3.8, 4) is 0 Å². The summed E-state index contributed by atoms with van der Waals surface area (Å²) in [7, 11) is -3.25. The number of H-pyrrole nitrogens is 1. The zero-order chi connectivity index (χ0) is 18.7. The molecule has 0 bridgehead atoms. The quantitative estimate of drug-likeness (QED) is 0.756. The summed E-state index contributed by atoms with van der Waals surface area (Å²) in [6.07, 6.45) is 6.87. The standard InChI is InChI=1S/C20H31N3O2S/c1-4-17(5-2)23-11-9-15(10-12-23)19-14-21-20-8-7-16(13-18(19)20)22-26(24,25)6-3/h7-8,13-15,17,21-22H,4-6,9-12H2,1-3H3. The molecule has 0 atom stereocenters. The van der Waals surface area contributed by atoms with Crippen LogP contribution in [0.5, 0.6) is 0 Å². The Morgan fingerprint density at radius 3 is 2.50 bits per heavy atom. The first-order valence-corrected chi connectivity index (χ1v) is 11.5. The molecule has 144 valence electrons. The second-order valence-corrected chi connectivity index (χ2v) is 9.30. The van der Waals surface area contributed by atoms with Crippen LogP contribution in [0.1, 0.15) is 57.9 Å². The minimum atomic E-state index is -3.25. The highest BCUT2D eigenvalue weighted by Gasteiger charge is 2.25. The molecule has 2 N–H and O–H groups in total. The highest BCUT2D eigenvalue weighted by Crippen LogP contribution is 2.35. The number of likely N-dealkylation sites (tertiary alicyclic amines) is 1. The van der Waals surface area contributed by atoms with Gasteiger partial charge >= 0.3 is 0 Å². The fourth-order valence-corrected chi connectivity index (χ4v) is 4.81. The van der Waals surface area contributed by atoms with Gasteiger partial charge in [0.15, 0.2) is 0 Å². The molecule has 0 saturated carbocycles. The summed E-state index contributed by atoms with van der Waals surface area (Å²) in [6, 6.07) is 6.47. The summed E-state index contributed by atoms with van der Waals surface area (Å²) in [6.45, 7) is 8.49. The van der Waals surface area contributed by atoms with Crippen molar-refractivity contribution in [2.75, 3.05) is 23.6 Å². The van der Waals surface area contributed by atoms with Crippen molar-refractivity contribution in [2.45, 2.75) is 58.4 Å². The minimum absolute atomic E-state index is 0.0829. The van der Waals surface area contributed by atoms with Crippen molar-refractivity contribution in [2.24, 2.45) is 0 Å². The maximum absolute atomic E-state index is 11.9. The van der Waals surface area contributed by atoms with Crippen LogP contribution in [0.25, 0.3) is 10.9 Å². The molecular weight excluding hydrogens is 346 g/mol. The maximum Gasteiger partial charge on any atom is 0.232 e. The average Bonchev–Trinajstić information content (AvgIpc) is 3.06. The first-order chi connectivity index (χ1) is 12.5. The van der Waals surface area contributed by atoms with Gasteiger partial charge < -0.3 is 9.88 Å². The Kier molecular flexibility index (Phi) is 5.92. The first-order valence-electron chi connectivity index (χ1n) is 9.83. The lowest BCUT2D eigenvalue weighted by Gasteiger charge is -2.37. The van der Waals surface area contributed by atoms with Crippen LogP contribution in [0.15, 0.2) is 24.4 Å². The summed E-state index contributed by atoms with van der Waals surface area (Å²) in [4.78, 5) is 5.99. The third-order valence-electron chi connectivity index (χ3n) is 5.80. The topological polar surface area (TPSA) is 65.2 Å². The van der Waals surface area contributed by atoms with E-state index in [9.17, 15) is 8.42 Å². The second kappa shape index (κ2) is 8.01. The van der Waals surface area contributed by atoms with Crippen LogP contribution in [0.3, 0.4) is 0 Å². The molecule has 26 heavy (non-hydrogen) atoms. The predicted molar refractivity (Wildman–Crippen MR) is 109 cm³/mol. The zero-order valence-corrected chi connectivity index (χ0v) is 16.9. The van der Waals surface area contributed by atoms with Crippen molar-refractivity contribution in [1.29, 1.82) is 0 Å². The Morgan fingerprint density at radius 2 is 1.88 bits per heavy atom. The number of benzene rings is 1. The van der Waals surface area contributed by atoms with E-state index in [1.54, 1.807) is 6.92 Å². The summed E-state index contributed by atoms with van der Waals surface area (Å²) in [5.74, 6) is 0.617. The number of aromatic amines is 1. The van der Waals surface area contributed by atoms with Crippen LogP contribution in [-0.2, 0) is 10.0 Å². The fourth-order valence-electron chi connectivity index (χ4n) is 4.18. The van der Waals surface area contributed by atoms with Crippen LogP contribution in [0, 0.1) is 0 Å². The molecule has 1 aliphatic rings. The average molecular weight is 378 g/mol. The Morgan fingerprint density at radius 1 is 1.19 bits per heavy atom. The monoisotopic (exact) mass is 377 g/mol. The van der Waals surface area contributed by atoms with Crippen molar-refractivity contribution in [1.82, 2.24) is 9.88 Å². The summed E-state index contributed by atoms with van der Waals surface area (Å²) >= 11 is 0. The van der Waals surface area contributed by atoms with Crippen LogP contribution < -0.4 is 4.72 Å². The Hall–Kier alpha value is -1.53. The molecule has 2 heterocycles. The van der Waals surface area contributed by atoms with E-state index in [0.29, 0.717) is 17.6 Å². The third-order valence-corrected chi connectivity index (χ3v) is 7.10. The van der Waals surface area contributed by atoms with Crippen LogP contribution in [-0.4, -0.2) is 43.2 Å². The molecule has 0 unspecified atom stereocenters. The molecule has 1 aromatic carbocycles. The van der Waals surface area contributed by atoms with Gasteiger partial charge in [-0.3, -0.25) is 4.72 Å². The van der Waals surface area contributed by atoms with E-state index in [0.717, 1.165) is 36.8 Å². The lowest BCUT2D eigenvalue weighted by Crippen LogP contribution is -2.40. The molecule has 5 nitrogen and oxygen atoms in total. The van der Waals surface area contributed by atoms with Gasteiger partial charge in [-0.2, -0.15) is 0 Å². The molecule has 6 heteroatoms. The molecule has 1 aromatic heterocycles. The molecule has 1 fully saturated rings. The van der Waals surface area contributed by atoms with Crippen molar-refractivity contribution in [3.63, 3.8) is 0 Å². The smallest absolute Gasteiger partial charge is 0.232 e. The molecule has 3 rings (SSSR count). The van der Waals surface area contributed by atoms with Gasteiger partial charge in [0.05, 0.1) is 5.75 Å². The molecule has 0 radical (unpaired) electrons. The van der Waals surface area contributed by atoms with Gasteiger partial charge in [-0.1, -0.05) is 13.8 Å². The number of hydrogen-bond donors (Lipinski definition) is 2. The number of aromatic nitrogens is 1. The molecule has 0 amide bonds. The van der Waals surface area contributed by atoms with Crippen LogP contribution in [0.2, 0.25) is 0 Å². The second-order valence-electron chi connectivity index (χ2n) is 7.29. The molecule has 2 aromatic rings. The highest BCUT2D eigenvalue weighted by molar-refractivity contribution is 7.92. The number of nitrogens with one attached hydrogen (secondary N) is 2. The van der Waals surface area contributed by atoms with Gasteiger partial charge in [-0.25, -0.2) is 8.42 Å². The van der Waals surface area contributed by atoms with Crippen molar-refractivity contribution >= 4 is 26.6 Å². The zero-order valence-electron chi connectivity index (χ0n) is 16.1. The molecule has 1 saturated heterocycles. The normalized spacial score (nSPS) is 17.2. The lowest BCUT2D eigenvalue weighted by molar-refractivity contribution is 0.144. The third kappa shape index (κ3) is 4.07. The first kappa shape index (κ1) is 19.2. The molecule has 0 aliphatic carbocycles. The predicted octanol–water partition coefficient (Wildman–Crippen LogP) is 4.30. The number of sulfonamides is 1. The maximum atomic E-state index is 11.9. The van der Waals surface area contributed by atoms with Crippen LogP contribution >= 0.6 is 0 Å². The summed E-state index contributed by atoms with van der Waals surface area (Å²) in [5.41, 5.74) is 3.04. The number of rotatable bonds is 7. The number of fused-ring (bicyclic) bond motifs is 1. The van der Waals surface area contributed by atoms with Gasteiger partial charge in [0.2, 0.25) is 10.0 Å². The van der Waals surface area contributed by atoms with Gasteiger partial charge in [-0.05, 0) is 75.4 Å². The molecular formula is C20H31N3O2S. The van der Waals surface area contributed by atoms with E-state index >= 15 is 0 Å². The Bertz CT molecular complexity index is 832. The summed E-state index contributed by atoms with van der Waals surface area (Å²) < 4.78 is 26.4. The van der Waals surface area contributed by atoms with E-state index in [-0.39, 0.29) is 5.75 Å². The van der Waals surface area contributed by atoms with E-state index < -0.39 is 10.0 Å². The van der Waals surface area contributed by atoms with Gasteiger partial charge in [0, 0.05) is 28.8 Å². The number of anilines is 1. The van der Waals surface area contributed by atoms with Crippen LogP contribution in [0.4, 0.5) is 5.69 Å². The Balaban J connectivity index is 1.78. The van der Waals surface area contributed by atoms with Gasteiger partial charge in [0.25, 0.3) is 0 Å². The Labute approximate surface area is 157 Å². The van der Waals surface area contributed by atoms with E-state index in [2.05, 4.69) is 34.7 Å². The minimum Gasteiger partial charge on any atom is -0.361 e. The van der Waals surface area contributed by atoms with E-state index in [1.165, 1.54) is 18.4 Å². The highest BCUT2D eigenvalue weighted by atomic mass is 32.2. The largest absolute Gasteiger partial charge is 0.361 e. The molecule has 0 spiro atoms. The number of hydrogen-bond acceptors (Lipinski definition) is 3. The molecule has 1 aliphatic heterocycles. The number of nitrogens with zero attached hydrogens (tertiary/aromatic N) is 1. The van der Waals surface area contributed by atoms with E-state index in [1.807, 2.05) is 18.2 Å². The fraction of sp³-hybridized carbons (Fsp3) is 0.600.